The number of rotatable bonds is 1. The minimum atomic E-state index is -1.21. The summed E-state index contributed by atoms with van der Waals surface area (Å²) in [5, 5.41) is 10.8. The van der Waals surface area contributed by atoms with E-state index >= 15 is 0 Å². The average Bonchev–Trinajstić information content (AvgIpc) is 2.64. The number of carboxylic acid groups (broad SMARTS) is 1. The second-order valence-corrected chi connectivity index (χ2v) is 6.49. The predicted molar refractivity (Wildman–Crippen MR) is 95.0 cm³/mol. The van der Waals surface area contributed by atoms with Gasteiger partial charge in [-0.15, -0.1) is 0 Å². The molecular weight excluding hydrogens is 352 g/mol. The van der Waals surface area contributed by atoms with Crippen molar-refractivity contribution < 1.29 is 28.0 Å². The fourth-order valence-electron chi connectivity index (χ4n) is 3.81. The average molecular weight is 364 g/mol. The zero-order valence-corrected chi connectivity index (χ0v) is 14.1. The van der Waals surface area contributed by atoms with E-state index in [-0.39, 0.29) is 5.56 Å². The fourth-order valence-corrected chi connectivity index (χ4v) is 3.81. The third-order valence-electron chi connectivity index (χ3n) is 4.96. The lowest BCUT2D eigenvalue weighted by Crippen LogP contribution is -2.34. The molecule has 0 bridgehead atoms. The molecule has 27 heavy (non-hydrogen) atoms. The van der Waals surface area contributed by atoms with E-state index < -0.39 is 17.6 Å². The molecule has 4 aromatic rings. The highest BCUT2D eigenvalue weighted by molar-refractivity contribution is 6.13. The molecule has 6 heteroatoms. The summed E-state index contributed by atoms with van der Waals surface area (Å²) in [5.41, 5.74) is 1.44. The lowest BCUT2D eigenvalue weighted by Gasteiger charge is -2.20. The van der Waals surface area contributed by atoms with Gasteiger partial charge in [0.25, 0.3) is 0 Å². The number of aromatic nitrogens is 1. The minimum Gasteiger partial charge on any atom is -0.478 e. The van der Waals surface area contributed by atoms with Crippen LogP contribution < -0.4 is 9.30 Å². The molecule has 0 fully saturated rings. The molecule has 3 aromatic carbocycles. The lowest BCUT2D eigenvalue weighted by atomic mass is 9.95. The molecule has 1 aliphatic heterocycles. The van der Waals surface area contributed by atoms with Crippen LogP contribution in [0.1, 0.15) is 10.4 Å². The maximum atomic E-state index is 14.9. The van der Waals surface area contributed by atoms with E-state index in [1.807, 2.05) is 0 Å². The molecule has 1 aliphatic rings. The van der Waals surface area contributed by atoms with Crippen molar-refractivity contribution >= 4 is 27.6 Å². The molecule has 2 heterocycles. The number of carbonyl (C=O) groups is 1. The van der Waals surface area contributed by atoms with E-state index in [0.29, 0.717) is 44.4 Å². The first-order valence-electron chi connectivity index (χ1n) is 8.25. The summed E-state index contributed by atoms with van der Waals surface area (Å²) < 4.78 is 36.4. The van der Waals surface area contributed by atoms with Gasteiger partial charge in [-0.1, -0.05) is 12.1 Å². The Morgan fingerprint density at radius 2 is 1.85 bits per heavy atom. The number of carboxylic acids is 1. The lowest BCUT2D eigenvalue weighted by molar-refractivity contribution is -0.632. The van der Waals surface area contributed by atoms with E-state index in [1.165, 1.54) is 18.2 Å². The SMILES string of the molecule is C[n+]1c2c3c(cccc3c3c(F)cc(C(=O)O)cc31)Oc1ccc(F)cc1-2. The van der Waals surface area contributed by atoms with Crippen LogP contribution in [0.2, 0.25) is 0 Å². The molecule has 5 rings (SSSR count). The molecule has 0 unspecified atom stereocenters. The smallest absolute Gasteiger partial charge is 0.336 e. The quantitative estimate of drug-likeness (QED) is 0.350. The van der Waals surface area contributed by atoms with Crippen molar-refractivity contribution in [2.75, 3.05) is 0 Å². The first-order valence-corrected chi connectivity index (χ1v) is 8.25. The zero-order chi connectivity index (χ0) is 18.9. The summed E-state index contributed by atoms with van der Waals surface area (Å²) in [6.07, 6.45) is 0. The number of fused-ring (bicyclic) bond motifs is 4. The Kier molecular flexibility index (Phi) is 3.04. The topological polar surface area (TPSA) is 50.4 Å². The third-order valence-corrected chi connectivity index (χ3v) is 4.96. The Morgan fingerprint density at radius 3 is 2.63 bits per heavy atom. The minimum absolute atomic E-state index is 0.148. The Hall–Kier alpha value is -3.54. The number of hydrogen-bond acceptors (Lipinski definition) is 2. The predicted octanol–water partition coefficient (Wildman–Crippen LogP) is 4.57. The zero-order valence-electron chi connectivity index (χ0n) is 14.1. The highest BCUT2D eigenvalue weighted by atomic mass is 19.1. The summed E-state index contributed by atoms with van der Waals surface area (Å²) in [7, 11) is 1.71. The van der Waals surface area contributed by atoms with Gasteiger partial charge in [-0.2, -0.15) is 4.57 Å². The number of hydrogen-bond donors (Lipinski definition) is 1. The second kappa shape index (κ2) is 5.23. The first-order chi connectivity index (χ1) is 13.0. The monoisotopic (exact) mass is 364 g/mol. The van der Waals surface area contributed by atoms with Crippen LogP contribution >= 0.6 is 0 Å². The van der Waals surface area contributed by atoms with Gasteiger partial charge in [0, 0.05) is 11.5 Å². The van der Waals surface area contributed by atoms with Crippen molar-refractivity contribution in [3.63, 3.8) is 0 Å². The van der Waals surface area contributed by atoms with Gasteiger partial charge in [-0.05, 0) is 30.3 Å². The van der Waals surface area contributed by atoms with Crippen LogP contribution in [0.3, 0.4) is 0 Å². The number of benzene rings is 3. The van der Waals surface area contributed by atoms with Crippen LogP contribution in [-0.4, -0.2) is 11.1 Å². The number of aromatic carboxylic acids is 1. The van der Waals surface area contributed by atoms with Crippen LogP contribution in [0.25, 0.3) is 32.9 Å². The molecule has 0 radical (unpaired) electrons. The number of aryl methyl sites for hydroxylation is 1. The molecule has 0 amide bonds. The molecule has 1 N–H and O–H groups in total. The van der Waals surface area contributed by atoms with E-state index in [4.69, 9.17) is 4.74 Å². The number of ether oxygens (including phenoxy) is 1. The van der Waals surface area contributed by atoms with Crippen LogP contribution in [0.15, 0.2) is 48.5 Å². The maximum Gasteiger partial charge on any atom is 0.336 e. The Labute approximate surface area is 151 Å². The summed E-state index contributed by atoms with van der Waals surface area (Å²) >= 11 is 0. The van der Waals surface area contributed by atoms with Crippen LogP contribution in [-0.2, 0) is 7.05 Å². The van der Waals surface area contributed by atoms with Crippen molar-refractivity contribution in [3.05, 3.63) is 65.7 Å². The molecule has 1 aromatic heterocycles. The van der Waals surface area contributed by atoms with Gasteiger partial charge in [0.15, 0.2) is 0 Å². The van der Waals surface area contributed by atoms with Crippen molar-refractivity contribution in [1.82, 2.24) is 0 Å². The molecule has 0 spiro atoms. The van der Waals surface area contributed by atoms with Gasteiger partial charge in [0.2, 0.25) is 11.2 Å². The normalized spacial score (nSPS) is 12.1. The first kappa shape index (κ1) is 15.7. The van der Waals surface area contributed by atoms with Crippen LogP contribution in [0.4, 0.5) is 8.78 Å². The Morgan fingerprint density at radius 1 is 1.04 bits per heavy atom. The van der Waals surface area contributed by atoms with Crippen LogP contribution in [0.5, 0.6) is 11.5 Å². The Balaban J connectivity index is 2.06. The number of halogens is 2. The molecule has 0 saturated carbocycles. The molecule has 0 aliphatic carbocycles. The van der Waals surface area contributed by atoms with Crippen molar-refractivity contribution in [2.45, 2.75) is 0 Å². The van der Waals surface area contributed by atoms with Crippen molar-refractivity contribution in [1.29, 1.82) is 0 Å². The molecular formula is C21H12F2NO3+. The second-order valence-electron chi connectivity index (χ2n) is 6.49. The third kappa shape index (κ3) is 2.07. The summed E-state index contributed by atoms with van der Waals surface area (Å²) in [6.45, 7) is 0. The van der Waals surface area contributed by atoms with Gasteiger partial charge < -0.3 is 9.84 Å². The number of pyridine rings is 1. The summed E-state index contributed by atoms with van der Waals surface area (Å²) in [6, 6.07) is 11.9. The van der Waals surface area contributed by atoms with Gasteiger partial charge in [-0.3, -0.25) is 0 Å². The molecule has 4 nitrogen and oxygen atoms in total. The largest absolute Gasteiger partial charge is 0.478 e. The van der Waals surface area contributed by atoms with Crippen molar-refractivity contribution in [3.8, 4) is 22.8 Å². The summed E-state index contributed by atoms with van der Waals surface area (Å²) in [5.74, 6) is -1.24. The van der Waals surface area contributed by atoms with Gasteiger partial charge in [0.05, 0.1) is 21.9 Å². The van der Waals surface area contributed by atoms with E-state index in [9.17, 15) is 18.7 Å². The standard InChI is InChI=1S/C21H11F2NO3/c1-24-15-8-10(21(25)26)7-14(23)18(15)12-3-2-4-17-19(12)20(24)13-9-11(22)5-6-16(13)27-17/h2-9H,1H3/p+1. The molecule has 0 saturated heterocycles. The van der Waals surface area contributed by atoms with Crippen LogP contribution in [0, 0.1) is 11.6 Å². The van der Waals surface area contributed by atoms with Gasteiger partial charge in [0.1, 0.15) is 30.2 Å². The molecule has 132 valence electrons. The highest BCUT2D eigenvalue weighted by Crippen LogP contribution is 2.46. The molecule has 0 atom stereocenters. The highest BCUT2D eigenvalue weighted by Gasteiger charge is 2.31. The fraction of sp³-hybridized carbons (Fsp3) is 0.0476. The maximum absolute atomic E-state index is 14.9. The van der Waals surface area contributed by atoms with E-state index in [2.05, 4.69) is 0 Å². The van der Waals surface area contributed by atoms with Crippen molar-refractivity contribution in [2.24, 2.45) is 7.05 Å². The number of nitrogens with zero attached hydrogens (tertiary/aromatic N) is 1. The van der Waals surface area contributed by atoms with Gasteiger partial charge in [-0.25, -0.2) is 13.6 Å². The van der Waals surface area contributed by atoms with E-state index in [1.54, 1.807) is 35.9 Å². The van der Waals surface area contributed by atoms with E-state index in [0.717, 1.165) is 6.07 Å². The Bertz CT molecular complexity index is 1310. The summed E-state index contributed by atoms with van der Waals surface area (Å²) in [4.78, 5) is 11.4. The van der Waals surface area contributed by atoms with Gasteiger partial charge >= 0.3 is 5.97 Å².